The standard InChI is InChI=1S/C16H17FN4OS/c1-9-11(17)5-7-13-14(9)20-16(23-13)18-8-10-4-6-12(19-10)15(22)21(2)3/h4-7,19H,8H2,1-3H3,(H,18,20). The van der Waals surface area contributed by atoms with Crippen molar-refractivity contribution in [1.82, 2.24) is 14.9 Å². The van der Waals surface area contributed by atoms with Crippen molar-refractivity contribution in [1.29, 1.82) is 0 Å². The number of rotatable bonds is 4. The molecule has 3 rings (SSSR count). The smallest absolute Gasteiger partial charge is 0.269 e. The molecule has 3 aromatic rings. The molecular formula is C16H17FN4OS. The van der Waals surface area contributed by atoms with Gasteiger partial charge in [0, 0.05) is 25.4 Å². The summed E-state index contributed by atoms with van der Waals surface area (Å²) in [6, 6.07) is 6.83. The predicted molar refractivity (Wildman–Crippen MR) is 90.5 cm³/mol. The van der Waals surface area contributed by atoms with Crippen LogP contribution in [0.3, 0.4) is 0 Å². The molecule has 7 heteroatoms. The van der Waals surface area contributed by atoms with Gasteiger partial charge in [-0.15, -0.1) is 0 Å². The van der Waals surface area contributed by atoms with Gasteiger partial charge in [0.25, 0.3) is 5.91 Å². The van der Waals surface area contributed by atoms with Gasteiger partial charge >= 0.3 is 0 Å². The second-order valence-corrected chi connectivity index (χ2v) is 6.52. The van der Waals surface area contributed by atoms with Gasteiger partial charge in [0.1, 0.15) is 11.5 Å². The van der Waals surface area contributed by atoms with Crippen molar-refractivity contribution in [3.05, 3.63) is 47.0 Å². The molecule has 0 aliphatic rings. The number of amides is 1. The monoisotopic (exact) mass is 332 g/mol. The predicted octanol–water partition coefficient (Wildman–Crippen LogP) is 3.39. The lowest BCUT2D eigenvalue weighted by Gasteiger charge is -2.07. The number of thiazole rings is 1. The minimum absolute atomic E-state index is 0.0673. The molecule has 0 fully saturated rings. The summed E-state index contributed by atoms with van der Waals surface area (Å²) in [4.78, 5) is 20.9. The number of hydrogen-bond donors (Lipinski definition) is 2. The Morgan fingerprint density at radius 1 is 1.35 bits per heavy atom. The quantitative estimate of drug-likeness (QED) is 0.770. The van der Waals surface area contributed by atoms with Crippen molar-refractivity contribution in [3.8, 4) is 0 Å². The number of anilines is 1. The Morgan fingerprint density at radius 3 is 2.87 bits per heavy atom. The Bertz CT molecular complexity index is 868. The Balaban J connectivity index is 1.74. The van der Waals surface area contributed by atoms with Crippen LogP contribution in [0.5, 0.6) is 0 Å². The van der Waals surface area contributed by atoms with Crippen molar-refractivity contribution < 1.29 is 9.18 Å². The first kappa shape index (κ1) is 15.5. The van der Waals surface area contributed by atoms with E-state index in [1.807, 2.05) is 6.07 Å². The van der Waals surface area contributed by atoms with E-state index in [1.54, 1.807) is 33.2 Å². The number of aromatic amines is 1. The molecule has 0 aliphatic heterocycles. The van der Waals surface area contributed by atoms with Gasteiger partial charge in [0.05, 0.1) is 16.8 Å². The van der Waals surface area contributed by atoms with Crippen molar-refractivity contribution >= 4 is 32.6 Å². The fourth-order valence-electron chi connectivity index (χ4n) is 2.26. The summed E-state index contributed by atoms with van der Waals surface area (Å²) < 4.78 is 14.5. The number of halogens is 1. The van der Waals surface area contributed by atoms with E-state index < -0.39 is 0 Å². The van der Waals surface area contributed by atoms with Crippen molar-refractivity contribution in [2.75, 3.05) is 19.4 Å². The highest BCUT2D eigenvalue weighted by Crippen LogP contribution is 2.29. The summed E-state index contributed by atoms with van der Waals surface area (Å²) in [6.45, 7) is 2.24. The highest BCUT2D eigenvalue weighted by Gasteiger charge is 2.12. The van der Waals surface area contributed by atoms with E-state index in [1.165, 1.54) is 22.3 Å². The summed E-state index contributed by atoms with van der Waals surface area (Å²) in [7, 11) is 3.42. The fraction of sp³-hybridized carbons (Fsp3) is 0.250. The minimum atomic E-state index is -0.245. The number of nitrogens with one attached hydrogen (secondary N) is 2. The highest BCUT2D eigenvalue weighted by atomic mass is 32.1. The molecule has 23 heavy (non-hydrogen) atoms. The van der Waals surface area contributed by atoms with Gasteiger partial charge in [-0.25, -0.2) is 9.37 Å². The Labute approximate surface area is 137 Å². The van der Waals surface area contributed by atoms with Crippen LogP contribution in [0.15, 0.2) is 24.3 Å². The first-order chi connectivity index (χ1) is 11.0. The zero-order valence-electron chi connectivity index (χ0n) is 13.1. The van der Waals surface area contributed by atoms with E-state index in [0.717, 1.165) is 15.5 Å². The second-order valence-electron chi connectivity index (χ2n) is 5.49. The molecular weight excluding hydrogens is 315 g/mol. The van der Waals surface area contributed by atoms with Crippen molar-refractivity contribution in [3.63, 3.8) is 0 Å². The number of aryl methyl sites for hydroxylation is 1. The summed E-state index contributed by atoms with van der Waals surface area (Å²) in [5.41, 5.74) is 2.68. The van der Waals surface area contributed by atoms with E-state index >= 15 is 0 Å². The maximum atomic E-state index is 13.6. The molecule has 0 saturated heterocycles. The van der Waals surface area contributed by atoms with Gasteiger partial charge in [-0.05, 0) is 31.2 Å². The van der Waals surface area contributed by atoms with Crippen LogP contribution >= 0.6 is 11.3 Å². The van der Waals surface area contributed by atoms with E-state index in [2.05, 4.69) is 15.3 Å². The zero-order chi connectivity index (χ0) is 16.6. The number of carbonyl (C=O) groups is 1. The van der Waals surface area contributed by atoms with Gasteiger partial charge in [-0.1, -0.05) is 11.3 Å². The number of carbonyl (C=O) groups excluding carboxylic acids is 1. The van der Waals surface area contributed by atoms with Gasteiger partial charge in [-0.3, -0.25) is 4.79 Å². The summed E-state index contributed by atoms with van der Waals surface area (Å²) >= 11 is 1.48. The Kier molecular flexibility index (Phi) is 4.04. The van der Waals surface area contributed by atoms with E-state index in [0.29, 0.717) is 23.3 Å². The third-order valence-electron chi connectivity index (χ3n) is 3.56. The van der Waals surface area contributed by atoms with Crippen LogP contribution in [0.1, 0.15) is 21.7 Å². The summed E-state index contributed by atoms with van der Waals surface area (Å²) in [6.07, 6.45) is 0. The molecule has 0 atom stereocenters. The zero-order valence-corrected chi connectivity index (χ0v) is 13.9. The molecule has 0 spiro atoms. The lowest BCUT2D eigenvalue weighted by atomic mass is 10.2. The van der Waals surface area contributed by atoms with Crippen LogP contribution in [0.25, 0.3) is 10.2 Å². The molecule has 0 aliphatic carbocycles. The van der Waals surface area contributed by atoms with Crippen LogP contribution in [-0.4, -0.2) is 34.9 Å². The van der Waals surface area contributed by atoms with Gasteiger partial charge in [-0.2, -0.15) is 0 Å². The number of hydrogen-bond acceptors (Lipinski definition) is 4. The number of benzene rings is 1. The van der Waals surface area contributed by atoms with Gasteiger partial charge in [0.2, 0.25) is 0 Å². The molecule has 1 aromatic carbocycles. The maximum Gasteiger partial charge on any atom is 0.269 e. The van der Waals surface area contributed by atoms with Gasteiger partial charge < -0.3 is 15.2 Å². The maximum absolute atomic E-state index is 13.6. The lowest BCUT2D eigenvalue weighted by molar-refractivity contribution is 0.0822. The van der Waals surface area contributed by atoms with E-state index in [9.17, 15) is 9.18 Å². The molecule has 2 aromatic heterocycles. The first-order valence-electron chi connectivity index (χ1n) is 7.15. The molecule has 2 N–H and O–H groups in total. The fourth-order valence-corrected chi connectivity index (χ4v) is 3.18. The SMILES string of the molecule is Cc1c(F)ccc2sc(NCc3ccc(C(=O)N(C)C)[nH]3)nc12. The Morgan fingerprint density at radius 2 is 2.13 bits per heavy atom. The van der Waals surface area contributed by atoms with Gasteiger partial charge in [0.15, 0.2) is 5.13 Å². The molecule has 1 amide bonds. The van der Waals surface area contributed by atoms with E-state index in [-0.39, 0.29) is 11.7 Å². The van der Waals surface area contributed by atoms with Crippen molar-refractivity contribution in [2.24, 2.45) is 0 Å². The van der Waals surface area contributed by atoms with Crippen LogP contribution in [0, 0.1) is 12.7 Å². The van der Waals surface area contributed by atoms with E-state index in [4.69, 9.17) is 0 Å². The highest BCUT2D eigenvalue weighted by molar-refractivity contribution is 7.22. The number of fused-ring (bicyclic) bond motifs is 1. The summed E-state index contributed by atoms with van der Waals surface area (Å²) in [5.74, 6) is -0.312. The molecule has 0 radical (unpaired) electrons. The number of nitrogens with zero attached hydrogens (tertiary/aromatic N) is 2. The molecule has 5 nitrogen and oxygen atoms in total. The third-order valence-corrected chi connectivity index (χ3v) is 4.54. The van der Waals surface area contributed by atoms with Crippen LogP contribution in [0.4, 0.5) is 9.52 Å². The van der Waals surface area contributed by atoms with Crippen LogP contribution < -0.4 is 5.32 Å². The molecule has 120 valence electrons. The molecule has 2 heterocycles. The minimum Gasteiger partial charge on any atom is -0.356 e. The average molecular weight is 332 g/mol. The van der Waals surface area contributed by atoms with Crippen LogP contribution in [-0.2, 0) is 6.54 Å². The number of aromatic nitrogens is 2. The largest absolute Gasteiger partial charge is 0.356 e. The molecule has 0 bridgehead atoms. The lowest BCUT2D eigenvalue weighted by Crippen LogP contribution is -2.22. The number of H-pyrrole nitrogens is 1. The third kappa shape index (κ3) is 3.05. The average Bonchev–Trinajstić information content (AvgIpc) is 3.15. The second kappa shape index (κ2) is 6.00. The topological polar surface area (TPSA) is 61.0 Å². The van der Waals surface area contributed by atoms with Crippen molar-refractivity contribution in [2.45, 2.75) is 13.5 Å². The Hall–Kier alpha value is -2.41. The first-order valence-corrected chi connectivity index (χ1v) is 7.96. The summed E-state index contributed by atoms with van der Waals surface area (Å²) in [5, 5.41) is 3.93. The normalized spacial score (nSPS) is 11.0. The molecule has 0 saturated carbocycles. The molecule has 0 unspecified atom stereocenters. The van der Waals surface area contributed by atoms with Crippen LogP contribution in [0.2, 0.25) is 0 Å².